The van der Waals surface area contributed by atoms with Crippen molar-refractivity contribution in [3.8, 4) is 0 Å². The Morgan fingerprint density at radius 3 is 2.47 bits per heavy atom. The SMILES string of the molecule is Cc1cc(C(O)c2cc(F)cc(Br)c2)c(C)s1. The molecule has 0 saturated carbocycles. The zero-order valence-corrected chi connectivity index (χ0v) is 11.9. The van der Waals surface area contributed by atoms with Gasteiger partial charge in [0.2, 0.25) is 0 Å². The number of thiophene rings is 1. The van der Waals surface area contributed by atoms with E-state index in [9.17, 15) is 9.50 Å². The number of halogens is 2. The summed E-state index contributed by atoms with van der Waals surface area (Å²) >= 11 is 4.86. The number of rotatable bonds is 2. The van der Waals surface area contributed by atoms with E-state index in [2.05, 4.69) is 15.9 Å². The summed E-state index contributed by atoms with van der Waals surface area (Å²) in [5.41, 5.74) is 1.42. The van der Waals surface area contributed by atoms with E-state index < -0.39 is 6.10 Å². The fourth-order valence-electron chi connectivity index (χ4n) is 1.83. The molecule has 4 heteroatoms. The first kappa shape index (κ1) is 12.7. The number of benzene rings is 1. The molecule has 1 N–H and O–H groups in total. The quantitative estimate of drug-likeness (QED) is 0.873. The fraction of sp³-hybridized carbons (Fsp3) is 0.231. The molecule has 0 fully saturated rings. The zero-order valence-electron chi connectivity index (χ0n) is 9.50. The predicted molar refractivity (Wildman–Crippen MR) is 72.0 cm³/mol. The van der Waals surface area contributed by atoms with E-state index in [1.165, 1.54) is 12.1 Å². The normalized spacial score (nSPS) is 12.8. The molecule has 0 bridgehead atoms. The summed E-state index contributed by atoms with van der Waals surface area (Å²) in [5.74, 6) is -0.349. The maximum atomic E-state index is 13.3. The van der Waals surface area contributed by atoms with Gasteiger partial charge in [0.05, 0.1) is 0 Å². The Morgan fingerprint density at radius 1 is 1.24 bits per heavy atom. The topological polar surface area (TPSA) is 20.2 Å². The summed E-state index contributed by atoms with van der Waals surface area (Å²) in [4.78, 5) is 2.21. The van der Waals surface area contributed by atoms with Crippen LogP contribution >= 0.6 is 27.3 Å². The summed E-state index contributed by atoms with van der Waals surface area (Å²) in [6, 6.07) is 6.42. The van der Waals surface area contributed by atoms with E-state index in [-0.39, 0.29) is 5.82 Å². The molecule has 0 radical (unpaired) electrons. The molecular weight excluding hydrogens is 303 g/mol. The average Bonchev–Trinajstić information content (AvgIpc) is 2.55. The third-order valence-electron chi connectivity index (χ3n) is 2.57. The van der Waals surface area contributed by atoms with Gasteiger partial charge < -0.3 is 5.11 Å². The first-order chi connectivity index (χ1) is 7.97. The number of hydrogen-bond donors (Lipinski definition) is 1. The zero-order chi connectivity index (χ0) is 12.6. The molecule has 0 amide bonds. The van der Waals surface area contributed by atoms with Gasteiger partial charge in [-0.15, -0.1) is 11.3 Å². The average molecular weight is 315 g/mol. The van der Waals surface area contributed by atoms with E-state index in [0.29, 0.717) is 10.0 Å². The molecule has 90 valence electrons. The van der Waals surface area contributed by atoms with E-state index in [4.69, 9.17) is 0 Å². The van der Waals surface area contributed by atoms with Crippen LogP contribution in [0.4, 0.5) is 4.39 Å². The molecule has 2 rings (SSSR count). The summed E-state index contributed by atoms with van der Waals surface area (Å²) in [5, 5.41) is 10.3. The van der Waals surface area contributed by atoms with Crippen molar-refractivity contribution >= 4 is 27.3 Å². The molecule has 1 nitrogen and oxygen atoms in total. The highest BCUT2D eigenvalue weighted by Gasteiger charge is 2.16. The van der Waals surface area contributed by atoms with Gasteiger partial charge in [-0.3, -0.25) is 0 Å². The van der Waals surface area contributed by atoms with Crippen molar-refractivity contribution < 1.29 is 9.50 Å². The lowest BCUT2D eigenvalue weighted by Crippen LogP contribution is -2.00. The van der Waals surface area contributed by atoms with Gasteiger partial charge in [-0.2, -0.15) is 0 Å². The Labute approximate surface area is 112 Å². The molecule has 1 atom stereocenters. The number of aliphatic hydroxyl groups is 1. The third kappa shape index (κ3) is 2.76. The lowest BCUT2D eigenvalue weighted by Gasteiger charge is -2.11. The van der Waals surface area contributed by atoms with E-state index in [1.54, 1.807) is 17.4 Å². The molecule has 1 aromatic carbocycles. The van der Waals surface area contributed by atoms with E-state index >= 15 is 0 Å². The molecule has 0 aliphatic heterocycles. The van der Waals surface area contributed by atoms with Crippen LogP contribution < -0.4 is 0 Å². The summed E-state index contributed by atoms with van der Waals surface area (Å²) in [6.07, 6.45) is -0.771. The minimum absolute atomic E-state index is 0.349. The smallest absolute Gasteiger partial charge is 0.124 e. The van der Waals surface area contributed by atoms with Crippen LogP contribution in [0.3, 0.4) is 0 Å². The lowest BCUT2D eigenvalue weighted by atomic mass is 10.0. The lowest BCUT2D eigenvalue weighted by molar-refractivity contribution is 0.219. The van der Waals surface area contributed by atoms with E-state index in [1.807, 2.05) is 19.9 Å². The molecule has 0 spiro atoms. The van der Waals surface area contributed by atoms with Crippen LogP contribution in [0.25, 0.3) is 0 Å². The van der Waals surface area contributed by atoms with Gasteiger partial charge in [0.25, 0.3) is 0 Å². The summed E-state index contributed by atoms with van der Waals surface area (Å²) in [6.45, 7) is 3.96. The monoisotopic (exact) mass is 314 g/mol. The van der Waals surface area contributed by atoms with Gasteiger partial charge in [-0.05, 0) is 49.2 Å². The Kier molecular flexibility index (Phi) is 3.66. The van der Waals surface area contributed by atoms with E-state index in [0.717, 1.165) is 15.3 Å². The highest BCUT2D eigenvalue weighted by Crippen LogP contribution is 2.31. The second kappa shape index (κ2) is 4.88. The maximum Gasteiger partial charge on any atom is 0.124 e. The predicted octanol–water partition coefficient (Wildman–Crippen LogP) is 4.35. The van der Waals surface area contributed by atoms with Gasteiger partial charge in [0.1, 0.15) is 11.9 Å². The molecule has 2 aromatic rings. The van der Waals surface area contributed by atoms with Crippen molar-refractivity contribution in [1.82, 2.24) is 0 Å². The van der Waals surface area contributed by atoms with Crippen LogP contribution in [0.5, 0.6) is 0 Å². The molecule has 0 aliphatic carbocycles. The molecule has 1 heterocycles. The van der Waals surface area contributed by atoms with Gasteiger partial charge >= 0.3 is 0 Å². The van der Waals surface area contributed by atoms with Gasteiger partial charge in [-0.1, -0.05) is 15.9 Å². The molecule has 1 aromatic heterocycles. The van der Waals surface area contributed by atoms with Crippen LogP contribution in [-0.4, -0.2) is 5.11 Å². The van der Waals surface area contributed by atoms with Gasteiger partial charge in [0, 0.05) is 14.2 Å². The van der Waals surface area contributed by atoms with Crippen LogP contribution in [0.2, 0.25) is 0 Å². The molecule has 17 heavy (non-hydrogen) atoms. The van der Waals surface area contributed by atoms with Crippen molar-refractivity contribution in [1.29, 1.82) is 0 Å². The number of hydrogen-bond acceptors (Lipinski definition) is 2. The van der Waals surface area contributed by atoms with Crippen LogP contribution in [-0.2, 0) is 0 Å². The van der Waals surface area contributed by atoms with Crippen molar-refractivity contribution in [2.75, 3.05) is 0 Å². The van der Waals surface area contributed by atoms with Crippen LogP contribution in [0.1, 0.15) is 27.0 Å². The highest BCUT2D eigenvalue weighted by atomic mass is 79.9. The molecule has 1 unspecified atom stereocenters. The van der Waals surface area contributed by atoms with Crippen molar-refractivity contribution in [3.05, 3.63) is 55.4 Å². The maximum absolute atomic E-state index is 13.3. The van der Waals surface area contributed by atoms with Crippen molar-refractivity contribution in [2.24, 2.45) is 0 Å². The van der Waals surface area contributed by atoms with Crippen molar-refractivity contribution in [2.45, 2.75) is 20.0 Å². The van der Waals surface area contributed by atoms with Crippen LogP contribution in [0, 0.1) is 19.7 Å². The number of aryl methyl sites for hydroxylation is 2. The first-order valence-electron chi connectivity index (χ1n) is 5.18. The minimum Gasteiger partial charge on any atom is -0.384 e. The minimum atomic E-state index is -0.771. The standard InChI is InChI=1S/C13H12BrFOS/c1-7-3-12(8(2)17-7)13(16)9-4-10(14)6-11(15)5-9/h3-6,13,16H,1-2H3. The largest absolute Gasteiger partial charge is 0.384 e. The van der Waals surface area contributed by atoms with Crippen LogP contribution in [0.15, 0.2) is 28.7 Å². The van der Waals surface area contributed by atoms with Crippen molar-refractivity contribution in [3.63, 3.8) is 0 Å². The molecular formula is C13H12BrFOS. The third-order valence-corrected chi connectivity index (χ3v) is 4.01. The fourth-order valence-corrected chi connectivity index (χ4v) is 3.27. The second-order valence-corrected chi connectivity index (χ2v) is 6.35. The second-order valence-electron chi connectivity index (χ2n) is 3.97. The number of aliphatic hydroxyl groups excluding tert-OH is 1. The van der Waals surface area contributed by atoms with Gasteiger partial charge in [-0.25, -0.2) is 4.39 Å². The molecule has 0 saturated heterocycles. The summed E-state index contributed by atoms with van der Waals surface area (Å²) < 4.78 is 13.9. The van der Waals surface area contributed by atoms with Gasteiger partial charge in [0.15, 0.2) is 0 Å². The highest BCUT2D eigenvalue weighted by molar-refractivity contribution is 9.10. The Morgan fingerprint density at radius 2 is 1.94 bits per heavy atom. The first-order valence-corrected chi connectivity index (χ1v) is 6.79. The molecule has 0 aliphatic rings. The summed E-state index contributed by atoms with van der Waals surface area (Å²) in [7, 11) is 0. The Bertz CT molecular complexity index is 530. The Hall–Kier alpha value is -0.710. The Balaban J connectivity index is 2.43.